The summed E-state index contributed by atoms with van der Waals surface area (Å²) in [6.07, 6.45) is 1.84. The van der Waals surface area contributed by atoms with E-state index < -0.39 is 0 Å². The van der Waals surface area contributed by atoms with Gasteiger partial charge in [-0.2, -0.15) is 5.26 Å². The Hall–Kier alpha value is -3.25. The number of aryl methyl sites for hydroxylation is 1. The fourth-order valence-corrected chi connectivity index (χ4v) is 3.10. The van der Waals surface area contributed by atoms with E-state index in [-0.39, 0.29) is 12.3 Å². The summed E-state index contributed by atoms with van der Waals surface area (Å²) in [7, 11) is 0. The lowest BCUT2D eigenvalue weighted by atomic mass is 10.2. The number of aromatic nitrogens is 3. The van der Waals surface area contributed by atoms with Crippen molar-refractivity contribution in [3.05, 3.63) is 47.9 Å². The van der Waals surface area contributed by atoms with Gasteiger partial charge in [-0.15, -0.1) is 10.2 Å². The standard InChI is InChI=1S/C17H16N6O2S/c1-11-14(5-7-25-11)16-21-22-17(23(16)19)26-8-6-15(24)20-13-4-2-3-12(9-13)10-18/h2-5,7,9H,6,8,19H2,1H3,(H,20,24). The van der Waals surface area contributed by atoms with Crippen molar-refractivity contribution >= 4 is 23.4 Å². The second kappa shape index (κ2) is 7.76. The smallest absolute Gasteiger partial charge is 0.225 e. The third kappa shape index (κ3) is 3.87. The number of nitrogens with one attached hydrogen (secondary N) is 1. The van der Waals surface area contributed by atoms with Gasteiger partial charge < -0.3 is 15.6 Å². The van der Waals surface area contributed by atoms with Crippen molar-refractivity contribution in [1.29, 1.82) is 5.26 Å². The predicted molar refractivity (Wildman–Crippen MR) is 97.7 cm³/mol. The molecule has 2 aromatic heterocycles. The van der Waals surface area contributed by atoms with E-state index in [1.807, 2.05) is 13.0 Å². The molecule has 0 saturated heterocycles. The molecule has 3 N–H and O–H groups in total. The normalized spacial score (nSPS) is 10.5. The van der Waals surface area contributed by atoms with Crippen LogP contribution in [0.2, 0.25) is 0 Å². The summed E-state index contributed by atoms with van der Waals surface area (Å²) in [4.78, 5) is 12.0. The van der Waals surface area contributed by atoms with Gasteiger partial charge in [0, 0.05) is 17.9 Å². The zero-order chi connectivity index (χ0) is 18.5. The molecule has 3 aromatic rings. The highest BCUT2D eigenvalue weighted by Crippen LogP contribution is 2.25. The van der Waals surface area contributed by atoms with Gasteiger partial charge in [0.15, 0.2) is 5.82 Å². The molecule has 0 bridgehead atoms. The summed E-state index contributed by atoms with van der Waals surface area (Å²) in [6, 6.07) is 10.6. The number of hydrogen-bond acceptors (Lipinski definition) is 7. The maximum Gasteiger partial charge on any atom is 0.225 e. The maximum absolute atomic E-state index is 12.0. The van der Waals surface area contributed by atoms with Crippen LogP contribution in [0.15, 0.2) is 46.2 Å². The fourth-order valence-electron chi connectivity index (χ4n) is 2.30. The molecule has 3 rings (SSSR count). The number of furan rings is 1. The average Bonchev–Trinajstić information content (AvgIpc) is 3.21. The SMILES string of the molecule is Cc1occc1-c1nnc(SCCC(=O)Nc2cccc(C#N)c2)n1N. The average molecular weight is 368 g/mol. The van der Waals surface area contributed by atoms with E-state index >= 15 is 0 Å². The summed E-state index contributed by atoms with van der Waals surface area (Å²) >= 11 is 1.34. The molecule has 26 heavy (non-hydrogen) atoms. The zero-order valence-corrected chi connectivity index (χ0v) is 14.8. The van der Waals surface area contributed by atoms with Crippen LogP contribution in [0.25, 0.3) is 11.4 Å². The fraction of sp³-hybridized carbons (Fsp3) is 0.176. The van der Waals surface area contributed by atoms with Gasteiger partial charge in [0.2, 0.25) is 11.1 Å². The molecule has 2 heterocycles. The molecule has 1 aromatic carbocycles. The van der Waals surface area contributed by atoms with Gasteiger partial charge in [-0.1, -0.05) is 17.8 Å². The van der Waals surface area contributed by atoms with Gasteiger partial charge in [0.25, 0.3) is 0 Å². The van der Waals surface area contributed by atoms with Crippen molar-refractivity contribution in [3.8, 4) is 17.5 Å². The van der Waals surface area contributed by atoms with E-state index in [4.69, 9.17) is 15.5 Å². The number of carbonyl (C=O) groups is 1. The highest BCUT2D eigenvalue weighted by Gasteiger charge is 2.16. The Morgan fingerprint density at radius 2 is 2.27 bits per heavy atom. The molecular formula is C17H16N6O2S. The summed E-state index contributed by atoms with van der Waals surface area (Å²) in [5, 5.41) is 20.3. The minimum Gasteiger partial charge on any atom is -0.469 e. The summed E-state index contributed by atoms with van der Waals surface area (Å²) in [6.45, 7) is 1.82. The van der Waals surface area contributed by atoms with Gasteiger partial charge in [-0.25, -0.2) is 4.68 Å². The molecule has 0 spiro atoms. The number of hydrogen-bond donors (Lipinski definition) is 2. The van der Waals surface area contributed by atoms with E-state index in [0.29, 0.717) is 33.7 Å². The van der Waals surface area contributed by atoms with Crippen LogP contribution in [-0.2, 0) is 4.79 Å². The first kappa shape index (κ1) is 17.6. The lowest BCUT2D eigenvalue weighted by Gasteiger charge is -2.05. The summed E-state index contributed by atoms with van der Waals surface area (Å²) in [5.41, 5.74) is 1.87. The van der Waals surface area contributed by atoms with Crippen LogP contribution in [0, 0.1) is 18.3 Å². The van der Waals surface area contributed by atoms with Crippen LogP contribution < -0.4 is 11.2 Å². The van der Waals surface area contributed by atoms with Gasteiger partial charge >= 0.3 is 0 Å². The predicted octanol–water partition coefficient (Wildman–Crippen LogP) is 2.55. The second-order valence-electron chi connectivity index (χ2n) is 5.41. The minimum absolute atomic E-state index is 0.151. The molecule has 0 radical (unpaired) electrons. The van der Waals surface area contributed by atoms with Crippen LogP contribution in [0.1, 0.15) is 17.7 Å². The molecule has 0 aliphatic rings. The first-order chi connectivity index (χ1) is 12.6. The lowest BCUT2D eigenvalue weighted by Crippen LogP contribution is -2.14. The number of rotatable bonds is 6. The van der Waals surface area contributed by atoms with E-state index in [2.05, 4.69) is 15.5 Å². The Balaban J connectivity index is 1.55. The van der Waals surface area contributed by atoms with Crippen molar-refractivity contribution < 1.29 is 9.21 Å². The third-order valence-corrected chi connectivity index (χ3v) is 4.54. The topological polar surface area (TPSA) is 123 Å². The Kier molecular flexibility index (Phi) is 5.24. The Morgan fingerprint density at radius 1 is 1.42 bits per heavy atom. The van der Waals surface area contributed by atoms with Crippen LogP contribution >= 0.6 is 11.8 Å². The monoisotopic (exact) mass is 368 g/mol. The Labute approximate surface area is 154 Å². The van der Waals surface area contributed by atoms with Crippen LogP contribution in [0.4, 0.5) is 5.69 Å². The molecule has 0 fully saturated rings. The summed E-state index contributed by atoms with van der Waals surface area (Å²) < 4.78 is 6.64. The molecule has 8 nitrogen and oxygen atoms in total. The molecule has 0 unspecified atom stereocenters. The third-order valence-electron chi connectivity index (χ3n) is 3.60. The number of nitrogen functional groups attached to an aromatic ring is 1. The molecule has 9 heteroatoms. The van der Waals surface area contributed by atoms with Crippen LogP contribution in [0.3, 0.4) is 0 Å². The molecule has 132 valence electrons. The van der Waals surface area contributed by atoms with Gasteiger partial charge in [-0.05, 0) is 31.2 Å². The molecule has 0 atom stereocenters. The number of carbonyl (C=O) groups excluding carboxylic acids is 1. The van der Waals surface area contributed by atoms with Crippen LogP contribution in [0.5, 0.6) is 0 Å². The Morgan fingerprint density at radius 3 is 3.00 bits per heavy atom. The lowest BCUT2D eigenvalue weighted by molar-refractivity contribution is -0.115. The molecule has 0 aliphatic heterocycles. The second-order valence-corrected chi connectivity index (χ2v) is 6.47. The first-order valence-corrected chi connectivity index (χ1v) is 8.75. The highest BCUT2D eigenvalue weighted by atomic mass is 32.2. The maximum atomic E-state index is 12.0. The van der Waals surface area contributed by atoms with Crippen molar-refractivity contribution in [2.75, 3.05) is 16.9 Å². The highest BCUT2D eigenvalue weighted by molar-refractivity contribution is 7.99. The van der Waals surface area contributed by atoms with Crippen molar-refractivity contribution in [3.63, 3.8) is 0 Å². The van der Waals surface area contributed by atoms with Crippen molar-refractivity contribution in [2.24, 2.45) is 0 Å². The zero-order valence-electron chi connectivity index (χ0n) is 14.0. The number of amides is 1. The largest absolute Gasteiger partial charge is 0.469 e. The van der Waals surface area contributed by atoms with Gasteiger partial charge in [0.1, 0.15) is 5.76 Å². The summed E-state index contributed by atoms with van der Waals surface area (Å²) in [5.74, 6) is 7.59. The molecule has 0 saturated carbocycles. The number of nitrogens with two attached hydrogens (primary N) is 1. The number of nitriles is 1. The molecular weight excluding hydrogens is 352 g/mol. The number of anilines is 1. The minimum atomic E-state index is -0.151. The number of thioether (sulfide) groups is 1. The van der Waals surface area contributed by atoms with Crippen molar-refractivity contribution in [2.45, 2.75) is 18.5 Å². The van der Waals surface area contributed by atoms with E-state index in [9.17, 15) is 4.79 Å². The van der Waals surface area contributed by atoms with Crippen LogP contribution in [-0.4, -0.2) is 26.5 Å². The number of benzene rings is 1. The van der Waals surface area contributed by atoms with E-state index in [0.717, 1.165) is 5.56 Å². The van der Waals surface area contributed by atoms with E-state index in [1.165, 1.54) is 16.4 Å². The van der Waals surface area contributed by atoms with E-state index in [1.54, 1.807) is 36.6 Å². The molecule has 0 aliphatic carbocycles. The number of nitrogens with zero attached hydrogens (tertiary/aromatic N) is 4. The molecule has 1 amide bonds. The van der Waals surface area contributed by atoms with Crippen molar-refractivity contribution in [1.82, 2.24) is 14.9 Å². The first-order valence-electron chi connectivity index (χ1n) is 7.76. The quantitative estimate of drug-likeness (QED) is 0.506. The van der Waals surface area contributed by atoms with Gasteiger partial charge in [0.05, 0.1) is 23.5 Å². The van der Waals surface area contributed by atoms with Gasteiger partial charge in [-0.3, -0.25) is 4.79 Å². The Bertz CT molecular complexity index is 972.